The maximum absolute atomic E-state index is 5.70. The van der Waals surface area contributed by atoms with Crippen LogP contribution in [0.2, 0.25) is 0 Å². The zero-order chi connectivity index (χ0) is 11.7. The second-order valence-electron chi connectivity index (χ2n) is 3.41. The van der Waals surface area contributed by atoms with E-state index in [0.29, 0.717) is 0 Å². The first-order chi connectivity index (χ1) is 8.33. The Labute approximate surface area is 117 Å². The number of rotatable bonds is 1. The molecule has 0 amide bonds. The van der Waals surface area contributed by atoms with E-state index in [0.717, 1.165) is 5.69 Å². The maximum Gasteiger partial charge on any atom is 0.0700 e. The van der Waals surface area contributed by atoms with Crippen LogP contribution in [0.3, 0.4) is 0 Å². The first-order valence-electron chi connectivity index (χ1n) is 4.96. The van der Waals surface area contributed by atoms with Gasteiger partial charge in [0.15, 0.2) is 0 Å². The molecule has 0 aromatic heterocycles. The van der Waals surface area contributed by atoms with E-state index in [1.165, 1.54) is 18.9 Å². The van der Waals surface area contributed by atoms with Crippen LogP contribution < -0.4 is 5.73 Å². The van der Waals surface area contributed by atoms with Crippen LogP contribution >= 0.6 is 47.0 Å². The molecule has 2 heterocycles. The molecule has 3 rings (SSSR count). The Kier molecular flexibility index (Phi) is 3.51. The predicted octanol–water partition coefficient (Wildman–Crippen LogP) is 5.13. The molecule has 17 heavy (non-hydrogen) atoms. The summed E-state index contributed by atoms with van der Waals surface area (Å²) in [6, 6.07) is 8.06. The molecule has 0 spiro atoms. The zero-order valence-electron chi connectivity index (χ0n) is 8.75. The molecule has 2 aliphatic rings. The first kappa shape index (κ1) is 11.7. The molecule has 2 aliphatic heterocycles. The lowest BCUT2D eigenvalue weighted by atomic mass is 10.2. The molecule has 86 valence electrons. The molecule has 0 radical (unpaired) electrons. The Morgan fingerprint density at radius 3 is 2.24 bits per heavy atom. The second-order valence-corrected chi connectivity index (χ2v) is 7.69. The van der Waals surface area contributed by atoms with Crippen molar-refractivity contribution in [3.05, 3.63) is 54.5 Å². The van der Waals surface area contributed by atoms with Gasteiger partial charge in [-0.2, -0.15) is 0 Å². The van der Waals surface area contributed by atoms with Gasteiger partial charge in [0.1, 0.15) is 0 Å². The topological polar surface area (TPSA) is 26.0 Å². The molecule has 0 saturated heterocycles. The first-order valence-corrected chi connectivity index (χ1v) is 8.42. The van der Waals surface area contributed by atoms with Crippen molar-refractivity contribution in [2.24, 2.45) is 0 Å². The van der Waals surface area contributed by atoms with Crippen LogP contribution in [0.4, 0.5) is 5.69 Å². The van der Waals surface area contributed by atoms with Crippen LogP contribution in [0, 0.1) is 0 Å². The molecule has 0 fully saturated rings. The highest BCUT2D eigenvalue weighted by Gasteiger charge is 2.19. The van der Waals surface area contributed by atoms with Crippen molar-refractivity contribution in [2.75, 3.05) is 5.73 Å². The van der Waals surface area contributed by atoms with E-state index >= 15 is 0 Å². The monoisotopic (exact) mass is 295 g/mol. The van der Waals surface area contributed by atoms with Crippen LogP contribution in [-0.2, 0) is 0 Å². The lowest BCUT2D eigenvalue weighted by Gasteiger charge is -2.03. The third kappa shape index (κ3) is 2.57. The van der Waals surface area contributed by atoms with Crippen LogP contribution in [-0.4, -0.2) is 0 Å². The Morgan fingerprint density at radius 1 is 0.824 bits per heavy atom. The van der Waals surface area contributed by atoms with Crippen LogP contribution in [0.15, 0.2) is 49.0 Å². The predicted molar refractivity (Wildman–Crippen MR) is 85.4 cm³/mol. The quantitative estimate of drug-likeness (QED) is 0.725. The van der Waals surface area contributed by atoms with Crippen molar-refractivity contribution in [1.29, 1.82) is 0 Å². The van der Waals surface area contributed by atoms with Crippen molar-refractivity contribution < 1.29 is 0 Å². The largest absolute Gasteiger partial charge is 0.399 e. The van der Waals surface area contributed by atoms with E-state index in [2.05, 4.69) is 28.4 Å². The SMILES string of the molecule is Nc1ccc(C2=CSC(=C3SC=CS3)S2)cc1. The lowest BCUT2D eigenvalue weighted by Crippen LogP contribution is -1.84. The number of benzene rings is 1. The molecule has 0 unspecified atom stereocenters. The summed E-state index contributed by atoms with van der Waals surface area (Å²) in [5.41, 5.74) is 7.75. The molecule has 1 aromatic rings. The summed E-state index contributed by atoms with van der Waals surface area (Å²) in [6.45, 7) is 0. The Balaban J connectivity index is 1.79. The molecule has 2 N–H and O–H groups in total. The summed E-state index contributed by atoms with van der Waals surface area (Å²) in [6.07, 6.45) is 0. The van der Waals surface area contributed by atoms with Crippen LogP contribution in [0.5, 0.6) is 0 Å². The molecular formula is C12H9NS4. The fraction of sp³-hybridized carbons (Fsp3) is 0. The van der Waals surface area contributed by atoms with Crippen molar-refractivity contribution in [1.82, 2.24) is 0 Å². The summed E-state index contributed by atoms with van der Waals surface area (Å²) in [7, 11) is 0. The van der Waals surface area contributed by atoms with Gasteiger partial charge in [0, 0.05) is 10.6 Å². The molecule has 0 atom stereocenters. The minimum absolute atomic E-state index is 0.815. The number of hydrogen-bond acceptors (Lipinski definition) is 5. The minimum Gasteiger partial charge on any atom is -0.399 e. The Bertz CT molecular complexity index is 518. The fourth-order valence-electron chi connectivity index (χ4n) is 1.42. The van der Waals surface area contributed by atoms with E-state index in [-0.39, 0.29) is 0 Å². The van der Waals surface area contributed by atoms with E-state index in [9.17, 15) is 0 Å². The van der Waals surface area contributed by atoms with Gasteiger partial charge in [-0.25, -0.2) is 0 Å². The van der Waals surface area contributed by atoms with Crippen molar-refractivity contribution in [3.8, 4) is 0 Å². The fourth-order valence-corrected chi connectivity index (χ4v) is 5.90. The second kappa shape index (κ2) is 5.10. The number of nitrogens with two attached hydrogens (primary N) is 1. The summed E-state index contributed by atoms with van der Waals surface area (Å²) in [5.74, 6) is 0. The molecule has 1 nitrogen and oxygen atoms in total. The number of anilines is 1. The van der Waals surface area contributed by atoms with Gasteiger partial charge in [0.05, 0.1) is 8.47 Å². The third-order valence-corrected chi connectivity index (χ3v) is 7.31. The third-order valence-electron chi connectivity index (χ3n) is 2.24. The van der Waals surface area contributed by atoms with Gasteiger partial charge in [0.2, 0.25) is 0 Å². The van der Waals surface area contributed by atoms with Gasteiger partial charge in [-0.3, -0.25) is 0 Å². The van der Waals surface area contributed by atoms with Crippen molar-refractivity contribution >= 4 is 57.6 Å². The highest BCUT2D eigenvalue weighted by atomic mass is 32.2. The Morgan fingerprint density at radius 2 is 1.53 bits per heavy atom. The number of nitrogen functional groups attached to an aromatic ring is 1. The highest BCUT2D eigenvalue weighted by Crippen LogP contribution is 2.55. The van der Waals surface area contributed by atoms with Gasteiger partial charge in [0.25, 0.3) is 0 Å². The zero-order valence-corrected chi connectivity index (χ0v) is 12.0. The average molecular weight is 295 g/mol. The van der Waals surface area contributed by atoms with E-state index in [4.69, 9.17) is 5.73 Å². The summed E-state index contributed by atoms with van der Waals surface area (Å²) < 4.78 is 2.78. The van der Waals surface area contributed by atoms with Gasteiger partial charge in [-0.1, -0.05) is 59.2 Å². The van der Waals surface area contributed by atoms with Crippen LogP contribution in [0.1, 0.15) is 5.56 Å². The van der Waals surface area contributed by atoms with E-state index in [1.807, 2.05) is 35.7 Å². The summed E-state index contributed by atoms with van der Waals surface area (Å²) in [4.78, 5) is 1.31. The van der Waals surface area contributed by atoms with Crippen molar-refractivity contribution in [2.45, 2.75) is 0 Å². The average Bonchev–Trinajstić information content (AvgIpc) is 3.00. The smallest absolute Gasteiger partial charge is 0.0700 e. The summed E-state index contributed by atoms with van der Waals surface area (Å²) in [5, 5.41) is 6.49. The Hall–Kier alpha value is -0.360. The highest BCUT2D eigenvalue weighted by molar-refractivity contribution is 8.35. The normalized spacial score (nSPS) is 18.9. The molecule has 1 aromatic carbocycles. The van der Waals surface area contributed by atoms with Crippen LogP contribution in [0.25, 0.3) is 4.91 Å². The van der Waals surface area contributed by atoms with Gasteiger partial charge in [-0.05, 0) is 33.9 Å². The minimum atomic E-state index is 0.815. The molecule has 0 saturated carbocycles. The molecule has 0 bridgehead atoms. The number of hydrogen-bond donors (Lipinski definition) is 1. The van der Waals surface area contributed by atoms with Gasteiger partial charge >= 0.3 is 0 Å². The standard InChI is InChI=1S/C12H9NS4/c13-9-3-1-8(2-4-9)10-7-16-12(17-10)11-14-5-6-15-11/h1-7H,13H2. The van der Waals surface area contributed by atoms with Crippen molar-refractivity contribution in [3.63, 3.8) is 0 Å². The summed E-state index contributed by atoms with van der Waals surface area (Å²) >= 11 is 7.28. The lowest BCUT2D eigenvalue weighted by molar-refractivity contribution is 1.64. The molecular weight excluding hydrogens is 286 g/mol. The van der Waals surface area contributed by atoms with E-state index < -0.39 is 0 Å². The molecule has 5 heteroatoms. The van der Waals surface area contributed by atoms with E-state index in [1.54, 1.807) is 23.5 Å². The van der Waals surface area contributed by atoms with Gasteiger partial charge < -0.3 is 5.73 Å². The maximum atomic E-state index is 5.70. The number of thioether (sulfide) groups is 4. The van der Waals surface area contributed by atoms with Gasteiger partial charge in [-0.15, -0.1) is 0 Å². The molecule has 0 aliphatic carbocycles.